The zero-order valence-corrected chi connectivity index (χ0v) is 22.2. The first-order valence-electron chi connectivity index (χ1n) is 12.5. The summed E-state index contributed by atoms with van der Waals surface area (Å²) in [6.07, 6.45) is 5.35. The third-order valence-electron chi connectivity index (χ3n) is 7.65. The average Bonchev–Trinajstić information content (AvgIpc) is 2.76. The Kier molecular flexibility index (Phi) is 6.23. The molecule has 3 fully saturated rings. The Morgan fingerprint density at radius 1 is 1.06 bits per heavy atom. The molecule has 9 nitrogen and oxygen atoms in total. The summed E-state index contributed by atoms with van der Waals surface area (Å²) in [5.41, 5.74) is 1.19. The van der Waals surface area contributed by atoms with E-state index < -0.39 is 15.4 Å². The maximum Gasteiger partial charge on any atom is 0.410 e. The van der Waals surface area contributed by atoms with Crippen molar-refractivity contribution in [3.63, 3.8) is 0 Å². The van der Waals surface area contributed by atoms with Gasteiger partial charge in [0.25, 0.3) is 0 Å². The highest BCUT2D eigenvalue weighted by molar-refractivity contribution is 7.90. The van der Waals surface area contributed by atoms with Crippen LogP contribution < -0.4 is 4.90 Å². The number of carbonyl (C=O) groups is 1. The van der Waals surface area contributed by atoms with Crippen molar-refractivity contribution in [1.29, 1.82) is 0 Å². The largest absolute Gasteiger partial charge is 0.443 e. The van der Waals surface area contributed by atoms with Gasteiger partial charge in [0, 0.05) is 44.4 Å². The van der Waals surface area contributed by atoms with E-state index in [1.807, 2.05) is 29.7 Å². The van der Waals surface area contributed by atoms with E-state index in [1.165, 1.54) is 18.0 Å². The fourth-order valence-corrected chi connectivity index (χ4v) is 6.95. The molecule has 3 heterocycles. The first-order valence-corrected chi connectivity index (χ1v) is 14.4. The Bertz CT molecular complexity index is 1190. The van der Waals surface area contributed by atoms with Gasteiger partial charge in [0.2, 0.25) is 5.95 Å². The van der Waals surface area contributed by atoms with E-state index in [9.17, 15) is 13.2 Å². The van der Waals surface area contributed by atoms with Gasteiger partial charge in [-0.2, -0.15) is 0 Å². The first kappa shape index (κ1) is 25.0. The normalized spacial score (nSPS) is 25.2. The van der Waals surface area contributed by atoms with Gasteiger partial charge in [-0.3, -0.25) is 9.80 Å². The van der Waals surface area contributed by atoms with Gasteiger partial charge in [-0.1, -0.05) is 30.3 Å². The minimum absolute atomic E-state index is 0.0933. The Morgan fingerprint density at radius 3 is 2.19 bits per heavy atom. The van der Waals surface area contributed by atoms with Crippen molar-refractivity contribution in [2.24, 2.45) is 5.41 Å². The molecule has 0 radical (unpaired) electrons. The van der Waals surface area contributed by atoms with Crippen molar-refractivity contribution in [2.45, 2.75) is 62.7 Å². The molecular weight excluding hydrogens is 478 g/mol. The second kappa shape index (κ2) is 8.99. The van der Waals surface area contributed by atoms with E-state index >= 15 is 0 Å². The van der Waals surface area contributed by atoms with Crippen LogP contribution in [0.4, 0.5) is 10.7 Å². The Morgan fingerprint density at radius 2 is 1.64 bits per heavy atom. The molecule has 3 aliphatic rings. The molecule has 2 aromatic rings. The van der Waals surface area contributed by atoms with Crippen LogP contribution in [0.15, 0.2) is 47.6 Å². The summed E-state index contributed by atoms with van der Waals surface area (Å²) in [7, 11) is -3.35. The van der Waals surface area contributed by atoms with Gasteiger partial charge < -0.3 is 9.64 Å². The summed E-state index contributed by atoms with van der Waals surface area (Å²) >= 11 is 0. The van der Waals surface area contributed by atoms with Crippen LogP contribution in [0.25, 0.3) is 0 Å². The van der Waals surface area contributed by atoms with E-state index in [4.69, 9.17) is 4.74 Å². The zero-order chi connectivity index (χ0) is 25.7. The van der Waals surface area contributed by atoms with Crippen molar-refractivity contribution in [3.8, 4) is 0 Å². The highest BCUT2D eigenvalue weighted by Gasteiger charge is 2.60. The van der Waals surface area contributed by atoms with Crippen molar-refractivity contribution in [1.82, 2.24) is 19.8 Å². The number of likely N-dealkylation sites (tertiary alicyclic amines) is 1. The van der Waals surface area contributed by atoms with Gasteiger partial charge in [0.15, 0.2) is 9.84 Å². The molecule has 36 heavy (non-hydrogen) atoms. The van der Waals surface area contributed by atoms with Crippen LogP contribution >= 0.6 is 0 Å². The maximum absolute atomic E-state index is 13.2. The first-order chi connectivity index (χ1) is 17.0. The number of aromatic nitrogens is 2. The van der Waals surface area contributed by atoms with Crippen LogP contribution in [0.5, 0.6) is 0 Å². The van der Waals surface area contributed by atoms with Crippen LogP contribution in [0, 0.1) is 5.41 Å². The lowest BCUT2D eigenvalue weighted by Gasteiger charge is -2.63. The number of nitrogens with zero attached hydrogens (tertiary/aromatic N) is 5. The van der Waals surface area contributed by atoms with Crippen LogP contribution in [-0.2, 0) is 21.1 Å². The molecule has 10 heteroatoms. The fraction of sp³-hybridized carbons (Fsp3) is 0.577. The Balaban J connectivity index is 1.13. The highest BCUT2D eigenvalue weighted by atomic mass is 32.2. The SMILES string of the molecule is C[C@@H]1CN(c2ncc(S(C)(=O)=O)cn2)C[C@H](C)N1C(=O)OC1(C)CC2(CN(Cc3ccccc3)C2)C1. The summed E-state index contributed by atoms with van der Waals surface area (Å²) in [5, 5.41) is 0. The lowest BCUT2D eigenvalue weighted by Crippen LogP contribution is -2.68. The maximum atomic E-state index is 13.2. The minimum Gasteiger partial charge on any atom is -0.443 e. The molecule has 2 saturated heterocycles. The van der Waals surface area contributed by atoms with Gasteiger partial charge in [-0.15, -0.1) is 0 Å². The molecule has 0 bridgehead atoms. The van der Waals surface area contributed by atoms with E-state index in [0.717, 1.165) is 38.7 Å². The Hall–Kier alpha value is -2.72. The monoisotopic (exact) mass is 513 g/mol. The van der Waals surface area contributed by atoms with E-state index in [1.54, 1.807) is 0 Å². The molecule has 1 spiro atoms. The molecule has 194 valence electrons. The van der Waals surface area contributed by atoms with E-state index in [0.29, 0.717) is 19.0 Å². The number of amides is 1. The lowest BCUT2D eigenvalue weighted by atomic mass is 9.55. The standard InChI is InChI=1S/C26H35N5O4S/c1-19-12-30(23-27-10-22(11-28-23)36(4,33)34)13-20(2)31(19)24(32)35-25(3)15-26(16-25)17-29(18-26)14-21-8-6-5-7-9-21/h5-11,19-20H,12-18H2,1-4H3/t19-,20+. The number of carbonyl (C=O) groups excluding carboxylic acids is 1. The van der Waals surface area contributed by atoms with Gasteiger partial charge in [0.1, 0.15) is 10.5 Å². The van der Waals surface area contributed by atoms with Crippen molar-refractivity contribution >= 4 is 21.9 Å². The third kappa shape index (κ3) is 4.93. The molecule has 2 atom stereocenters. The number of ether oxygens (including phenoxy) is 1. The Labute approximate surface area is 213 Å². The molecular formula is C26H35N5O4S. The van der Waals surface area contributed by atoms with Crippen molar-refractivity contribution < 1.29 is 17.9 Å². The molecule has 0 unspecified atom stereocenters. The second-order valence-electron chi connectivity index (χ2n) is 11.3. The lowest BCUT2D eigenvalue weighted by molar-refractivity contribution is -0.187. The minimum atomic E-state index is -3.35. The second-order valence-corrected chi connectivity index (χ2v) is 13.3. The smallest absolute Gasteiger partial charge is 0.410 e. The topological polar surface area (TPSA) is 95.9 Å². The third-order valence-corrected chi connectivity index (χ3v) is 8.72. The molecule has 5 rings (SSSR count). The highest BCUT2D eigenvalue weighted by Crippen LogP contribution is 2.56. The van der Waals surface area contributed by atoms with E-state index in [-0.39, 0.29) is 28.5 Å². The number of hydrogen-bond donors (Lipinski definition) is 0. The summed E-state index contributed by atoms with van der Waals surface area (Å²) in [5.74, 6) is 0.465. The van der Waals surface area contributed by atoms with Crippen LogP contribution in [0.2, 0.25) is 0 Å². The number of anilines is 1. The number of rotatable bonds is 5. The van der Waals surface area contributed by atoms with Gasteiger partial charge in [-0.25, -0.2) is 23.2 Å². The molecule has 1 aromatic carbocycles. The predicted octanol–water partition coefficient (Wildman–Crippen LogP) is 2.97. The summed E-state index contributed by atoms with van der Waals surface area (Å²) in [6, 6.07) is 10.3. The molecule has 1 aliphatic carbocycles. The number of hydrogen-bond acceptors (Lipinski definition) is 8. The van der Waals surface area contributed by atoms with Crippen LogP contribution in [-0.4, -0.2) is 84.4 Å². The van der Waals surface area contributed by atoms with Crippen LogP contribution in [0.1, 0.15) is 39.2 Å². The van der Waals surface area contributed by atoms with Gasteiger partial charge in [0.05, 0.1) is 24.5 Å². The number of sulfone groups is 1. The predicted molar refractivity (Wildman–Crippen MR) is 136 cm³/mol. The zero-order valence-electron chi connectivity index (χ0n) is 21.4. The van der Waals surface area contributed by atoms with Crippen LogP contribution in [0.3, 0.4) is 0 Å². The number of benzene rings is 1. The molecule has 1 saturated carbocycles. The molecule has 2 aliphatic heterocycles. The quantitative estimate of drug-likeness (QED) is 0.602. The van der Waals surface area contributed by atoms with Crippen molar-refractivity contribution in [2.75, 3.05) is 37.3 Å². The molecule has 0 N–H and O–H groups in total. The van der Waals surface area contributed by atoms with E-state index in [2.05, 4.69) is 46.1 Å². The summed E-state index contributed by atoms with van der Waals surface area (Å²) < 4.78 is 29.5. The number of piperazine rings is 1. The average molecular weight is 514 g/mol. The fourth-order valence-electron chi connectivity index (χ4n) is 6.46. The van der Waals surface area contributed by atoms with Gasteiger partial charge >= 0.3 is 6.09 Å². The molecule has 1 aromatic heterocycles. The van der Waals surface area contributed by atoms with Gasteiger partial charge in [-0.05, 0) is 39.2 Å². The summed E-state index contributed by atoms with van der Waals surface area (Å²) in [6.45, 7) is 10.2. The van der Waals surface area contributed by atoms with Crippen molar-refractivity contribution in [3.05, 3.63) is 48.3 Å². The summed E-state index contributed by atoms with van der Waals surface area (Å²) in [4.78, 5) is 28.1. The molecule has 1 amide bonds.